The first kappa shape index (κ1) is 11.2. The van der Waals surface area contributed by atoms with Crippen LogP contribution in [0.5, 0.6) is 0 Å². The molecule has 4 atom stereocenters. The van der Waals surface area contributed by atoms with Gasteiger partial charge in [-0.15, -0.1) is 0 Å². The number of sulfone groups is 1. The van der Waals surface area contributed by atoms with Crippen molar-refractivity contribution in [3.05, 3.63) is 29.8 Å². The Morgan fingerprint density at radius 3 is 2.18 bits per heavy atom. The molecule has 0 spiro atoms. The lowest BCUT2D eigenvalue weighted by molar-refractivity contribution is 0.315. The van der Waals surface area contributed by atoms with Crippen LogP contribution in [0.15, 0.2) is 29.2 Å². The van der Waals surface area contributed by atoms with Gasteiger partial charge in [-0.05, 0) is 26.0 Å². The molecule has 92 valence electrons. The van der Waals surface area contributed by atoms with Crippen LogP contribution in [-0.2, 0) is 19.3 Å². The van der Waals surface area contributed by atoms with Crippen LogP contribution in [0.3, 0.4) is 0 Å². The fraction of sp³-hybridized carbons (Fsp3) is 0.500. The van der Waals surface area contributed by atoms with Gasteiger partial charge in [0.05, 0.1) is 11.0 Å². The molecule has 5 heteroatoms. The van der Waals surface area contributed by atoms with E-state index in [2.05, 4.69) is 0 Å². The first-order chi connectivity index (χ1) is 8.00. The molecule has 17 heavy (non-hydrogen) atoms. The van der Waals surface area contributed by atoms with E-state index in [-0.39, 0.29) is 18.3 Å². The summed E-state index contributed by atoms with van der Waals surface area (Å²) in [6.45, 7) is 3.84. The van der Waals surface area contributed by atoms with E-state index in [9.17, 15) is 8.42 Å². The molecule has 3 rings (SSSR count). The van der Waals surface area contributed by atoms with E-state index < -0.39 is 15.3 Å². The van der Waals surface area contributed by atoms with Crippen molar-refractivity contribution in [1.82, 2.24) is 0 Å². The lowest BCUT2D eigenvalue weighted by Crippen LogP contribution is -2.14. The summed E-state index contributed by atoms with van der Waals surface area (Å²) in [5.74, 6) is 0. The molecular formula is C12H14O4S. The summed E-state index contributed by atoms with van der Waals surface area (Å²) in [5, 5.41) is 0. The minimum atomic E-state index is -3.36. The monoisotopic (exact) mass is 254 g/mol. The maximum absolute atomic E-state index is 12.2. The molecule has 2 aliphatic rings. The largest absolute Gasteiger partial charge is 0.367 e. The maximum Gasteiger partial charge on any atom is 0.207 e. The highest BCUT2D eigenvalue weighted by Gasteiger charge is 2.61. The van der Waals surface area contributed by atoms with Crippen molar-refractivity contribution >= 4 is 9.84 Å². The highest BCUT2D eigenvalue weighted by molar-refractivity contribution is 7.92. The Bertz CT molecular complexity index is 534. The Balaban J connectivity index is 1.81. The highest BCUT2D eigenvalue weighted by atomic mass is 32.2. The number of hydrogen-bond acceptors (Lipinski definition) is 4. The zero-order chi connectivity index (χ0) is 12.2. The molecule has 1 aromatic carbocycles. The summed E-state index contributed by atoms with van der Waals surface area (Å²) in [6.07, 6.45) is -0.199. The van der Waals surface area contributed by atoms with Crippen LogP contribution in [0.25, 0.3) is 0 Å². The third kappa shape index (κ3) is 1.88. The number of benzene rings is 1. The van der Waals surface area contributed by atoms with Crippen molar-refractivity contribution in [2.45, 2.75) is 42.5 Å². The summed E-state index contributed by atoms with van der Waals surface area (Å²) in [7, 11) is -3.36. The molecular weight excluding hydrogens is 240 g/mol. The molecule has 0 amide bonds. The molecule has 4 nitrogen and oxygen atoms in total. The van der Waals surface area contributed by atoms with Crippen LogP contribution in [0.1, 0.15) is 12.5 Å². The van der Waals surface area contributed by atoms with Crippen molar-refractivity contribution in [2.75, 3.05) is 0 Å². The van der Waals surface area contributed by atoms with Gasteiger partial charge in [-0.1, -0.05) is 17.7 Å². The fourth-order valence-corrected chi connectivity index (χ4v) is 3.57. The zero-order valence-corrected chi connectivity index (χ0v) is 10.5. The predicted molar refractivity (Wildman–Crippen MR) is 61.4 cm³/mol. The Hall–Kier alpha value is -0.910. The minimum Gasteiger partial charge on any atom is -0.367 e. The van der Waals surface area contributed by atoms with Gasteiger partial charge in [0.25, 0.3) is 0 Å². The van der Waals surface area contributed by atoms with E-state index in [4.69, 9.17) is 9.47 Å². The average molecular weight is 254 g/mol. The van der Waals surface area contributed by atoms with Gasteiger partial charge in [-0.25, -0.2) is 8.42 Å². The van der Waals surface area contributed by atoms with Gasteiger partial charge < -0.3 is 9.47 Å². The Labute approximate surface area is 100 Å². The molecule has 0 aliphatic carbocycles. The predicted octanol–water partition coefficient (Wildman–Crippen LogP) is 1.28. The molecule has 0 saturated carbocycles. The summed E-state index contributed by atoms with van der Waals surface area (Å²) in [6, 6.07) is 6.84. The summed E-state index contributed by atoms with van der Waals surface area (Å²) < 4.78 is 34.8. The lowest BCUT2D eigenvalue weighted by atomic mass is 10.2. The molecule has 2 saturated heterocycles. The van der Waals surface area contributed by atoms with E-state index in [1.54, 1.807) is 24.3 Å². The van der Waals surface area contributed by atoms with E-state index in [1.165, 1.54) is 0 Å². The van der Waals surface area contributed by atoms with Crippen LogP contribution < -0.4 is 0 Å². The van der Waals surface area contributed by atoms with E-state index in [0.717, 1.165) is 5.56 Å². The minimum absolute atomic E-state index is 0.0415. The van der Waals surface area contributed by atoms with Gasteiger partial charge in [-0.3, -0.25) is 0 Å². The Morgan fingerprint density at radius 2 is 1.65 bits per heavy atom. The van der Waals surface area contributed by atoms with Crippen LogP contribution in [0.2, 0.25) is 0 Å². The Morgan fingerprint density at radius 1 is 1.06 bits per heavy atom. The first-order valence-corrected chi connectivity index (χ1v) is 7.16. The van der Waals surface area contributed by atoms with E-state index in [0.29, 0.717) is 4.90 Å². The van der Waals surface area contributed by atoms with E-state index >= 15 is 0 Å². The van der Waals surface area contributed by atoms with Gasteiger partial charge in [-0.2, -0.15) is 0 Å². The smallest absolute Gasteiger partial charge is 0.207 e. The molecule has 2 fully saturated rings. The van der Waals surface area contributed by atoms with Crippen molar-refractivity contribution in [2.24, 2.45) is 0 Å². The van der Waals surface area contributed by atoms with Gasteiger partial charge in [0.2, 0.25) is 9.84 Å². The number of hydrogen-bond donors (Lipinski definition) is 0. The Kier molecular flexibility index (Phi) is 2.33. The van der Waals surface area contributed by atoms with Crippen molar-refractivity contribution < 1.29 is 17.9 Å². The van der Waals surface area contributed by atoms with Gasteiger partial charge in [0.15, 0.2) is 5.44 Å². The van der Waals surface area contributed by atoms with Crippen LogP contribution in [-0.4, -0.2) is 32.2 Å². The zero-order valence-electron chi connectivity index (χ0n) is 9.66. The normalized spacial score (nSPS) is 35.6. The lowest BCUT2D eigenvalue weighted by Gasteiger charge is -2.01. The molecule has 2 heterocycles. The van der Waals surface area contributed by atoms with Crippen LogP contribution in [0, 0.1) is 6.92 Å². The number of rotatable bonds is 3. The van der Waals surface area contributed by atoms with Crippen molar-refractivity contribution in [1.29, 1.82) is 0 Å². The quantitative estimate of drug-likeness (QED) is 0.762. The van der Waals surface area contributed by atoms with Crippen LogP contribution >= 0.6 is 0 Å². The SMILES string of the molecule is Cc1ccc(S(=O)(=O)[C@H]2O[C@H]2[C@@H]2O[C@H]2C)cc1. The summed E-state index contributed by atoms with van der Waals surface area (Å²) in [5.41, 5.74) is 0.316. The average Bonchev–Trinajstić information content (AvgIpc) is 3.12. The molecule has 0 N–H and O–H groups in total. The third-order valence-corrected chi connectivity index (χ3v) is 5.14. The summed E-state index contributed by atoms with van der Waals surface area (Å²) in [4.78, 5) is 0.323. The number of ether oxygens (including phenoxy) is 2. The van der Waals surface area contributed by atoms with Gasteiger partial charge in [0.1, 0.15) is 12.2 Å². The van der Waals surface area contributed by atoms with Crippen molar-refractivity contribution in [3.63, 3.8) is 0 Å². The molecule has 0 radical (unpaired) electrons. The van der Waals surface area contributed by atoms with Gasteiger partial charge >= 0.3 is 0 Å². The molecule has 0 aromatic heterocycles. The molecule has 0 bridgehead atoms. The molecule has 2 aliphatic heterocycles. The number of aryl methyl sites for hydroxylation is 1. The number of epoxide rings is 2. The third-order valence-electron chi connectivity index (χ3n) is 3.22. The van der Waals surface area contributed by atoms with Crippen molar-refractivity contribution in [3.8, 4) is 0 Å². The second-order valence-corrected chi connectivity index (χ2v) is 6.66. The van der Waals surface area contributed by atoms with Gasteiger partial charge in [0, 0.05) is 0 Å². The topological polar surface area (TPSA) is 59.2 Å². The maximum atomic E-state index is 12.2. The fourth-order valence-electron chi connectivity index (χ4n) is 2.00. The molecule has 1 aromatic rings. The first-order valence-electron chi connectivity index (χ1n) is 5.61. The second-order valence-electron chi connectivity index (χ2n) is 4.63. The molecule has 0 unspecified atom stereocenters. The second kappa shape index (κ2) is 3.54. The van der Waals surface area contributed by atoms with E-state index in [1.807, 2.05) is 13.8 Å². The van der Waals surface area contributed by atoms with Crippen LogP contribution in [0.4, 0.5) is 0 Å². The standard InChI is InChI=1S/C12H14O4S/c1-7-3-5-9(6-4-7)17(13,14)12-11(16-12)10-8(2)15-10/h3-6,8,10-12H,1-2H3/t8-,10+,11-,12+/m0/s1. The highest BCUT2D eigenvalue weighted by Crippen LogP contribution is 2.42. The summed E-state index contributed by atoms with van der Waals surface area (Å²) >= 11 is 0.